The first-order valence-electron chi connectivity index (χ1n) is 8.48. The fraction of sp³-hybridized carbons (Fsp3) is 0.688. The third-order valence-corrected chi connectivity index (χ3v) is 7.70. The Bertz CT molecular complexity index is 657. The first-order valence-corrected chi connectivity index (χ1v) is 10.7. The molecule has 6 nitrogen and oxygen atoms in total. The molecule has 0 aliphatic carbocycles. The van der Waals surface area contributed by atoms with Crippen molar-refractivity contribution >= 4 is 27.3 Å². The van der Waals surface area contributed by atoms with Gasteiger partial charge >= 0.3 is 0 Å². The molecule has 2 atom stereocenters. The Hall–Kier alpha value is -0.960. The van der Waals surface area contributed by atoms with Gasteiger partial charge in [-0.25, -0.2) is 8.42 Å². The Kier molecular flexibility index (Phi) is 6.79. The van der Waals surface area contributed by atoms with Crippen LogP contribution < -0.4 is 11.1 Å². The van der Waals surface area contributed by atoms with E-state index in [0.717, 1.165) is 24.1 Å². The van der Waals surface area contributed by atoms with E-state index in [1.54, 1.807) is 12.1 Å². The van der Waals surface area contributed by atoms with E-state index < -0.39 is 16.1 Å². The van der Waals surface area contributed by atoms with E-state index in [4.69, 9.17) is 5.73 Å². The van der Waals surface area contributed by atoms with Gasteiger partial charge in [0, 0.05) is 24.0 Å². The van der Waals surface area contributed by atoms with Crippen molar-refractivity contribution in [3.8, 4) is 0 Å². The number of nitrogens with one attached hydrogen (secondary N) is 1. The van der Waals surface area contributed by atoms with Gasteiger partial charge < -0.3 is 11.1 Å². The number of carbonyl (C=O) groups excluding carboxylic acids is 1. The smallest absolute Gasteiger partial charge is 0.253 e. The lowest BCUT2D eigenvalue weighted by atomic mass is 10.1. The minimum absolute atomic E-state index is 0.0911. The summed E-state index contributed by atoms with van der Waals surface area (Å²) in [5.74, 6) is -0.226. The van der Waals surface area contributed by atoms with Crippen LogP contribution in [0.2, 0.25) is 0 Å². The molecule has 1 aromatic rings. The molecule has 0 radical (unpaired) electrons. The highest BCUT2D eigenvalue weighted by Gasteiger charge is 2.40. The van der Waals surface area contributed by atoms with E-state index in [9.17, 15) is 13.2 Å². The molecule has 1 saturated heterocycles. The maximum absolute atomic E-state index is 12.8. The molecule has 0 bridgehead atoms. The number of hydrogen-bond acceptors (Lipinski definition) is 5. The Labute approximate surface area is 148 Å². The summed E-state index contributed by atoms with van der Waals surface area (Å²) >= 11 is 1.24. The van der Waals surface area contributed by atoms with E-state index >= 15 is 0 Å². The second-order valence-electron chi connectivity index (χ2n) is 6.22. The molecular formula is C16H27N3O3S2. The fourth-order valence-corrected chi connectivity index (χ4v) is 6.02. The summed E-state index contributed by atoms with van der Waals surface area (Å²) in [7, 11) is -3.61. The van der Waals surface area contributed by atoms with Crippen molar-refractivity contribution < 1.29 is 13.2 Å². The summed E-state index contributed by atoms with van der Waals surface area (Å²) in [5, 5.41) is 2.94. The van der Waals surface area contributed by atoms with Crippen LogP contribution in [0.25, 0.3) is 0 Å². The quantitative estimate of drug-likeness (QED) is 0.727. The van der Waals surface area contributed by atoms with E-state index in [0.29, 0.717) is 30.1 Å². The number of nitrogens with zero attached hydrogens (tertiary/aromatic N) is 1. The van der Waals surface area contributed by atoms with Crippen molar-refractivity contribution in [3.05, 3.63) is 17.0 Å². The largest absolute Gasteiger partial charge is 0.351 e. The highest BCUT2D eigenvalue weighted by molar-refractivity contribution is 7.91. The second-order valence-corrected chi connectivity index (χ2v) is 9.63. The summed E-state index contributed by atoms with van der Waals surface area (Å²) < 4.78 is 27.3. The fourth-order valence-electron chi connectivity index (χ4n) is 2.95. The normalized spacial score (nSPS) is 20.2. The van der Waals surface area contributed by atoms with Crippen LogP contribution in [0.4, 0.5) is 0 Å². The molecular weight excluding hydrogens is 346 g/mol. The number of amides is 1. The lowest BCUT2D eigenvalue weighted by Gasteiger charge is -2.25. The lowest BCUT2D eigenvalue weighted by Crippen LogP contribution is -2.50. The molecule has 1 aromatic heterocycles. The maximum Gasteiger partial charge on any atom is 0.253 e. The molecule has 2 heterocycles. The number of rotatable bonds is 8. The van der Waals surface area contributed by atoms with Crippen LogP contribution in [0.15, 0.2) is 16.3 Å². The average molecular weight is 374 g/mol. The molecule has 8 heteroatoms. The molecule has 0 spiro atoms. The van der Waals surface area contributed by atoms with E-state index in [1.165, 1.54) is 15.6 Å². The molecule has 1 aliphatic rings. The average Bonchev–Trinajstić information content (AvgIpc) is 3.20. The van der Waals surface area contributed by atoms with Crippen molar-refractivity contribution in [1.29, 1.82) is 0 Å². The zero-order valence-electron chi connectivity index (χ0n) is 14.3. The zero-order chi connectivity index (χ0) is 17.7. The molecule has 1 fully saturated rings. The first kappa shape index (κ1) is 19.4. The van der Waals surface area contributed by atoms with Gasteiger partial charge in [-0.05, 0) is 38.3 Å². The topological polar surface area (TPSA) is 92.5 Å². The summed E-state index contributed by atoms with van der Waals surface area (Å²) in [6, 6.07) is 2.68. The Morgan fingerprint density at radius 2 is 2.25 bits per heavy atom. The molecule has 2 unspecified atom stereocenters. The van der Waals surface area contributed by atoms with Crippen LogP contribution >= 0.6 is 11.3 Å². The van der Waals surface area contributed by atoms with E-state index in [2.05, 4.69) is 12.2 Å². The zero-order valence-corrected chi connectivity index (χ0v) is 16.0. The molecule has 1 aliphatic heterocycles. The molecule has 0 saturated carbocycles. The highest BCUT2D eigenvalue weighted by Crippen LogP contribution is 2.30. The number of aryl methyl sites for hydroxylation is 1. The molecule has 24 heavy (non-hydrogen) atoms. The van der Waals surface area contributed by atoms with Crippen molar-refractivity contribution in [2.45, 2.75) is 62.2 Å². The molecule has 0 aromatic carbocycles. The number of sulfonamides is 1. The lowest BCUT2D eigenvalue weighted by molar-refractivity contribution is -0.124. The Morgan fingerprint density at radius 1 is 1.50 bits per heavy atom. The molecule has 1 amide bonds. The van der Waals surface area contributed by atoms with Crippen molar-refractivity contribution in [2.24, 2.45) is 5.73 Å². The summed E-state index contributed by atoms with van der Waals surface area (Å²) in [4.78, 5) is 13.5. The first-order chi connectivity index (χ1) is 11.4. The second kappa shape index (κ2) is 8.42. The van der Waals surface area contributed by atoms with Crippen LogP contribution in [0.5, 0.6) is 0 Å². The number of unbranched alkanes of at least 4 members (excludes halogenated alkanes) is 1. The molecule has 136 valence electrons. The van der Waals surface area contributed by atoms with E-state index in [1.807, 2.05) is 6.92 Å². The van der Waals surface area contributed by atoms with Crippen molar-refractivity contribution in [2.75, 3.05) is 13.1 Å². The Balaban J connectivity index is 2.10. The van der Waals surface area contributed by atoms with Crippen LogP contribution in [0.1, 0.15) is 43.9 Å². The number of carbonyl (C=O) groups is 1. The van der Waals surface area contributed by atoms with Gasteiger partial charge in [-0.2, -0.15) is 4.31 Å². The van der Waals surface area contributed by atoms with Gasteiger partial charge in [0.25, 0.3) is 10.0 Å². The standard InChI is InChI=1S/C16H27N3O3S2/c1-3-4-6-13(11-17)18-16(20)14-7-5-10-19(14)24(21,22)15-9-8-12(2)23-15/h8-9,13-14H,3-7,10-11,17H2,1-2H3,(H,18,20). The van der Waals surface area contributed by atoms with E-state index in [-0.39, 0.29) is 11.9 Å². The van der Waals surface area contributed by atoms with Gasteiger partial charge in [-0.15, -0.1) is 11.3 Å². The number of hydrogen-bond donors (Lipinski definition) is 2. The predicted octanol–water partition coefficient (Wildman–Crippen LogP) is 1.84. The Morgan fingerprint density at radius 3 is 2.83 bits per heavy atom. The third kappa shape index (κ3) is 4.36. The van der Waals surface area contributed by atoms with Crippen molar-refractivity contribution in [1.82, 2.24) is 9.62 Å². The van der Waals surface area contributed by atoms with Crippen LogP contribution in [0.3, 0.4) is 0 Å². The minimum Gasteiger partial charge on any atom is -0.351 e. The SMILES string of the molecule is CCCCC(CN)NC(=O)C1CCCN1S(=O)(=O)c1ccc(C)s1. The third-order valence-electron chi connectivity index (χ3n) is 4.32. The highest BCUT2D eigenvalue weighted by atomic mass is 32.2. The predicted molar refractivity (Wildman–Crippen MR) is 96.5 cm³/mol. The number of thiophene rings is 1. The van der Waals surface area contributed by atoms with Gasteiger partial charge in [-0.1, -0.05) is 19.8 Å². The van der Waals surface area contributed by atoms with Crippen LogP contribution in [0, 0.1) is 6.92 Å². The van der Waals surface area contributed by atoms with Gasteiger partial charge in [0.2, 0.25) is 5.91 Å². The minimum atomic E-state index is -3.61. The summed E-state index contributed by atoms with van der Waals surface area (Å²) in [6.07, 6.45) is 4.10. The summed E-state index contributed by atoms with van der Waals surface area (Å²) in [5.41, 5.74) is 5.73. The van der Waals surface area contributed by atoms with Gasteiger partial charge in [0.1, 0.15) is 10.3 Å². The molecule has 3 N–H and O–H groups in total. The molecule has 2 rings (SSSR count). The van der Waals surface area contributed by atoms with Crippen LogP contribution in [-0.2, 0) is 14.8 Å². The van der Waals surface area contributed by atoms with Gasteiger partial charge in [0.15, 0.2) is 0 Å². The summed E-state index contributed by atoms with van der Waals surface area (Å²) in [6.45, 7) is 4.72. The monoisotopic (exact) mass is 373 g/mol. The number of nitrogens with two attached hydrogens (primary N) is 1. The van der Waals surface area contributed by atoms with Crippen molar-refractivity contribution in [3.63, 3.8) is 0 Å². The van der Waals surface area contributed by atoms with Gasteiger partial charge in [-0.3, -0.25) is 4.79 Å². The maximum atomic E-state index is 12.8. The van der Waals surface area contributed by atoms with Gasteiger partial charge in [0.05, 0.1) is 0 Å². The van der Waals surface area contributed by atoms with Crippen LogP contribution in [-0.4, -0.2) is 43.8 Å².